The number of aromatic amines is 1. The number of aromatic nitrogens is 4. The lowest BCUT2D eigenvalue weighted by molar-refractivity contribution is -0.134. The molecular weight excluding hydrogens is 440 g/mol. The molecule has 1 fully saturated rings. The average molecular weight is 475 g/mol. The average Bonchev–Trinajstić information content (AvgIpc) is 3.41. The molecule has 1 aliphatic rings. The molecule has 8 heteroatoms. The summed E-state index contributed by atoms with van der Waals surface area (Å²) in [5.74, 6) is 1.69. The molecule has 0 atom stereocenters. The van der Waals surface area contributed by atoms with Gasteiger partial charge in [0.15, 0.2) is 11.4 Å². The number of hydrogen-bond acceptors (Lipinski definition) is 5. The van der Waals surface area contributed by atoms with Gasteiger partial charge in [-0.1, -0.05) is 19.9 Å². The quantitative estimate of drug-likeness (QED) is 0.433. The van der Waals surface area contributed by atoms with Gasteiger partial charge < -0.3 is 19.5 Å². The Hall–Kier alpha value is -3.39. The molecule has 3 heterocycles. The molecule has 1 amide bonds. The van der Waals surface area contributed by atoms with Crippen molar-refractivity contribution in [2.24, 2.45) is 0 Å². The fraction of sp³-hybridized carbons (Fsp3) is 0.444. The maximum atomic E-state index is 12.4. The smallest absolute Gasteiger partial charge is 0.236 e. The summed E-state index contributed by atoms with van der Waals surface area (Å²) >= 11 is 0. The van der Waals surface area contributed by atoms with Crippen LogP contribution in [0, 0.1) is 0 Å². The van der Waals surface area contributed by atoms with Crippen molar-refractivity contribution >= 4 is 22.5 Å². The number of nitrogens with one attached hydrogen (secondary N) is 1. The third-order valence-corrected chi connectivity index (χ3v) is 7.27. The minimum Gasteiger partial charge on any atom is -0.493 e. The van der Waals surface area contributed by atoms with Gasteiger partial charge in [0.25, 0.3) is 0 Å². The Labute approximate surface area is 205 Å². The number of amides is 1. The summed E-state index contributed by atoms with van der Waals surface area (Å²) in [6.07, 6.45) is 5.56. The number of ether oxygens (including phenoxy) is 1. The summed E-state index contributed by atoms with van der Waals surface area (Å²) in [4.78, 5) is 24.3. The molecule has 1 aromatic carbocycles. The van der Waals surface area contributed by atoms with E-state index in [1.807, 2.05) is 43.2 Å². The summed E-state index contributed by atoms with van der Waals surface area (Å²) in [5.41, 5.74) is 6.57. The van der Waals surface area contributed by atoms with Crippen LogP contribution in [0.5, 0.6) is 5.75 Å². The third-order valence-electron chi connectivity index (χ3n) is 7.27. The maximum Gasteiger partial charge on any atom is 0.236 e. The number of likely N-dealkylation sites (N-methyl/N-ethyl adjacent to an activating group) is 2. The zero-order valence-electron chi connectivity index (χ0n) is 21.4. The molecule has 1 N–H and O–H groups in total. The minimum atomic E-state index is 0.186. The highest BCUT2D eigenvalue weighted by Gasteiger charge is 2.35. The molecule has 35 heavy (non-hydrogen) atoms. The van der Waals surface area contributed by atoms with Crippen LogP contribution < -0.4 is 4.74 Å². The summed E-state index contributed by atoms with van der Waals surface area (Å²) in [6.45, 7) is 4.92. The first-order valence-electron chi connectivity index (χ1n) is 12.2. The third kappa shape index (κ3) is 4.16. The molecule has 0 unspecified atom stereocenters. The number of carbonyl (C=O) groups is 1. The highest BCUT2D eigenvalue weighted by atomic mass is 16.5. The number of pyridine rings is 1. The van der Waals surface area contributed by atoms with Crippen molar-refractivity contribution < 1.29 is 9.53 Å². The first-order valence-corrected chi connectivity index (χ1v) is 12.2. The van der Waals surface area contributed by atoms with Crippen LogP contribution in [0.2, 0.25) is 0 Å². The topological polar surface area (TPSA) is 78.8 Å². The van der Waals surface area contributed by atoms with Gasteiger partial charge in [0, 0.05) is 35.8 Å². The SMILES string of the molecule is COc1cc(-c2[nH]c3ccc(C4CC(N(C)C(=O)CN(C)C)C4)cc3c2C(C)C)cn2ncnc12. The number of nitrogens with zero attached hydrogens (tertiary/aromatic N) is 5. The van der Waals surface area contributed by atoms with E-state index in [4.69, 9.17) is 4.74 Å². The van der Waals surface area contributed by atoms with E-state index in [0.29, 0.717) is 35.8 Å². The molecular formula is C27H34N6O2. The second-order valence-corrected chi connectivity index (χ2v) is 10.3. The van der Waals surface area contributed by atoms with E-state index in [9.17, 15) is 4.79 Å². The van der Waals surface area contributed by atoms with E-state index >= 15 is 0 Å². The van der Waals surface area contributed by atoms with Crippen LogP contribution in [0.1, 0.15) is 49.7 Å². The van der Waals surface area contributed by atoms with Crippen LogP contribution in [-0.2, 0) is 4.79 Å². The minimum absolute atomic E-state index is 0.186. The molecule has 3 aromatic heterocycles. The lowest BCUT2D eigenvalue weighted by Crippen LogP contribution is -2.47. The van der Waals surface area contributed by atoms with E-state index in [1.54, 1.807) is 18.0 Å². The normalized spacial score (nSPS) is 17.9. The largest absolute Gasteiger partial charge is 0.493 e. The number of carbonyl (C=O) groups excluding carboxylic acids is 1. The Bertz CT molecular complexity index is 1380. The fourth-order valence-electron chi connectivity index (χ4n) is 5.26. The van der Waals surface area contributed by atoms with Crippen molar-refractivity contribution in [2.45, 2.75) is 44.6 Å². The van der Waals surface area contributed by atoms with Gasteiger partial charge in [-0.3, -0.25) is 4.79 Å². The van der Waals surface area contributed by atoms with E-state index < -0.39 is 0 Å². The lowest BCUT2D eigenvalue weighted by Gasteiger charge is -2.42. The van der Waals surface area contributed by atoms with Crippen LogP contribution in [0.4, 0.5) is 0 Å². The van der Waals surface area contributed by atoms with Gasteiger partial charge >= 0.3 is 0 Å². The molecule has 0 spiro atoms. The predicted octanol–water partition coefficient (Wildman–Crippen LogP) is 4.28. The highest BCUT2D eigenvalue weighted by molar-refractivity contribution is 5.92. The van der Waals surface area contributed by atoms with E-state index in [1.165, 1.54) is 16.5 Å². The first kappa shape index (κ1) is 23.4. The maximum absolute atomic E-state index is 12.4. The fourth-order valence-corrected chi connectivity index (χ4v) is 5.26. The summed E-state index contributed by atoms with van der Waals surface area (Å²) in [7, 11) is 7.46. The van der Waals surface area contributed by atoms with Crippen LogP contribution >= 0.6 is 0 Å². The van der Waals surface area contributed by atoms with Crippen molar-refractivity contribution in [3.8, 4) is 17.0 Å². The van der Waals surface area contributed by atoms with Crippen molar-refractivity contribution in [3.05, 3.63) is 47.9 Å². The molecule has 184 valence electrons. The standard InChI is InChI=1S/C27H34N6O2/c1-16(2)25-21-11-17(18-9-20(10-18)32(5)24(34)14-31(3)4)7-8-22(21)30-26(25)19-12-23(35-6)27-28-15-29-33(27)13-19/h7-8,11-13,15-16,18,20,30H,9-10,14H2,1-6H3. The monoisotopic (exact) mass is 474 g/mol. The van der Waals surface area contributed by atoms with Gasteiger partial charge in [0.1, 0.15) is 6.33 Å². The second kappa shape index (κ2) is 9.00. The van der Waals surface area contributed by atoms with Gasteiger partial charge in [0.05, 0.1) is 19.3 Å². The number of H-pyrrole nitrogens is 1. The van der Waals surface area contributed by atoms with Gasteiger partial charge in [-0.15, -0.1) is 0 Å². The zero-order chi connectivity index (χ0) is 24.9. The first-order chi connectivity index (χ1) is 16.8. The Morgan fingerprint density at radius 3 is 2.69 bits per heavy atom. The van der Waals surface area contributed by atoms with Crippen LogP contribution in [0.25, 0.3) is 27.8 Å². The Morgan fingerprint density at radius 2 is 2.00 bits per heavy atom. The molecule has 4 aromatic rings. The van der Waals surface area contributed by atoms with Crippen molar-refractivity contribution in [1.29, 1.82) is 0 Å². The summed E-state index contributed by atoms with van der Waals surface area (Å²) in [5, 5.41) is 5.58. The second-order valence-electron chi connectivity index (χ2n) is 10.3. The molecule has 0 bridgehead atoms. The van der Waals surface area contributed by atoms with E-state index in [2.05, 4.69) is 47.1 Å². The molecule has 5 rings (SSSR count). The van der Waals surface area contributed by atoms with Crippen molar-refractivity contribution in [1.82, 2.24) is 29.4 Å². The number of fused-ring (bicyclic) bond motifs is 2. The van der Waals surface area contributed by atoms with Crippen molar-refractivity contribution in [2.75, 3.05) is 34.8 Å². The molecule has 0 saturated heterocycles. The van der Waals surface area contributed by atoms with E-state index in [0.717, 1.165) is 29.6 Å². The molecule has 1 saturated carbocycles. The molecule has 1 aliphatic carbocycles. The van der Waals surface area contributed by atoms with E-state index in [-0.39, 0.29) is 5.91 Å². The van der Waals surface area contributed by atoms with Gasteiger partial charge in [-0.05, 0) is 68.1 Å². The highest BCUT2D eigenvalue weighted by Crippen LogP contribution is 2.43. The van der Waals surface area contributed by atoms with Crippen LogP contribution in [0.15, 0.2) is 36.8 Å². The number of methoxy groups -OCH3 is 1. The predicted molar refractivity (Wildman–Crippen MR) is 138 cm³/mol. The number of rotatable bonds is 7. The van der Waals surface area contributed by atoms with Crippen LogP contribution in [-0.4, -0.2) is 76.1 Å². The Kier molecular flexibility index (Phi) is 6.01. The molecule has 8 nitrogen and oxygen atoms in total. The number of hydrogen-bond donors (Lipinski definition) is 1. The summed E-state index contributed by atoms with van der Waals surface area (Å²) < 4.78 is 7.36. The summed E-state index contributed by atoms with van der Waals surface area (Å²) in [6, 6.07) is 9.11. The molecule has 0 aliphatic heterocycles. The van der Waals surface area contributed by atoms with Gasteiger partial charge in [0.2, 0.25) is 5.91 Å². The van der Waals surface area contributed by atoms with Crippen LogP contribution in [0.3, 0.4) is 0 Å². The number of benzene rings is 1. The Balaban J connectivity index is 1.46. The lowest BCUT2D eigenvalue weighted by atomic mass is 9.75. The Morgan fingerprint density at radius 1 is 1.23 bits per heavy atom. The van der Waals surface area contributed by atoms with Gasteiger partial charge in [-0.25, -0.2) is 9.50 Å². The van der Waals surface area contributed by atoms with Crippen molar-refractivity contribution in [3.63, 3.8) is 0 Å². The molecule has 0 radical (unpaired) electrons. The zero-order valence-corrected chi connectivity index (χ0v) is 21.4. The van der Waals surface area contributed by atoms with Gasteiger partial charge in [-0.2, -0.15) is 5.10 Å².